The van der Waals surface area contributed by atoms with Gasteiger partial charge in [-0.25, -0.2) is 4.98 Å². The smallest absolute Gasteiger partial charge is 0.262 e. The Morgan fingerprint density at radius 2 is 1.92 bits per heavy atom. The molecule has 2 aliphatic rings. The molecule has 1 saturated carbocycles. The van der Waals surface area contributed by atoms with Gasteiger partial charge >= 0.3 is 0 Å². The second-order valence-corrected chi connectivity index (χ2v) is 10.8. The minimum absolute atomic E-state index is 0.0742. The predicted octanol–water partition coefficient (Wildman–Crippen LogP) is 5.22. The Labute approximate surface area is 217 Å². The Balaban J connectivity index is 1.43. The molecule has 0 radical (unpaired) electrons. The molecular weight excluding hydrogens is 472 g/mol. The molecule has 2 heterocycles. The number of carbonyl (C=O) groups is 1. The number of piperidine rings is 1. The van der Waals surface area contributed by atoms with E-state index in [0.717, 1.165) is 12.3 Å². The molecule has 1 aliphatic carbocycles. The first-order chi connectivity index (χ1) is 17.5. The Morgan fingerprint density at radius 1 is 1.11 bits per heavy atom. The van der Waals surface area contributed by atoms with Gasteiger partial charge in [0.1, 0.15) is 12.4 Å². The molecule has 190 valence electrons. The van der Waals surface area contributed by atoms with Crippen LogP contribution in [0.4, 0.5) is 0 Å². The summed E-state index contributed by atoms with van der Waals surface area (Å²) in [5.74, 6) is 1.49. The first-order valence-electron chi connectivity index (χ1n) is 13.3. The third-order valence-corrected chi connectivity index (χ3v) is 7.84. The van der Waals surface area contributed by atoms with E-state index in [4.69, 9.17) is 16.6 Å². The van der Waals surface area contributed by atoms with Gasteiger partial charge in [-0.15, -0.1) is 0 Å². The van der Waals surface area contributed by atoms with E-state index in [0.29, 0.717) is 39.8 Å². The summed E-state index contributed by atoms with van der Waals surface area (Å²) in [5, 5.41) is 4.00. The lowest BCUT2D eigenvalue weighted by molar-refractivity contribution is -0.121. The summed E-state index contributed by atoms with van der Waals surface area (Å²) in [6, 6.07) is 13.3. The van der Waals surface area contributed by atoms with Crippen molar-refractivity contribution < 1.29 is 4.79 Å². The highest BCUT2D eigenvalue weighted by Crippen LogP contribution is 2.42. The molecule has 36 heavy (non-hydrogen) atoms. The molecule has 3 aromatic rings. The van der Waals surface area contributed by atoms with Gasteiger partial charge in [0.25, 0.3) is 5.56 Å². The van der Waals surface area contributed by atoms with Crippen LogP contribution in [0, 0.1) is 5.92 Å². The molecule has 0 atom stereocenters. The summed E-state index contributed by atoms with van der Waals surface area (Å²) in [4.78, 5) is 33.8. The van der Waals surface area contributed by atoms with Crippen LogP contribution in [0.15, 0.2) is 47.3 Å². The molecule has 6 nitrogen and oxygen atoms in total. The van der Waals surface area contributed by atoms with Crippen LogP contribution >= 0.6 is 11.6 Å². The second kappa shape index (κ2) is 11.1. The number of nitrogens with zero attached hydrogens (tertiary/aromatic N) is 3. The van der Waals surface area contributed by atoms with E-state index >= 15 is 0 Å². The summed E-state index contributed by atoms with van der Waals surface area (Å²) < 4.78 is 1.49. The van der Waals surface area contributed by atoms with Crippen LogP contribution in [0.2, 0.25) is 5.02 Å². The summed E-state index contributed by atoms with van der Waals surface area (Å²) in [6.07, 6.45) is 7.20. The number of amides is 1. The molecule has 2 fully saturated rings. The second-order valence-electron chi connectivity index (χ2n) is 10.4. The average Bonchev–Trinajstić information content (AvgIpc) is 2.87. The Morgan fingerprint density at radius 3 is 2.67 bits per heavy atom. The molecule has 0 spiro atoms. The van der Waals surface area contributed by atoms with E-state index in [1.807, 2.05) is 31.2 Å². The minimum Gasteiger partial charge on any atom is -0.355 e. The standard InChI is InChI=1S/C29H35ClN4O2/c1-2-11-31-27(35)19-34-28(22-7-6-8-24(30)16-22)32-26-10-9-21(17-25(26)29(34)36)23-14-20(15-23)18-33-12-4-3-5-13-33/h6-10,16-17,20,23H,2-5,11-15,18-19H2,1H3,(H,31,35)/t20-,23+. The maximum absolute atomic E-state index is 13.7. The third kappa shape index (κ3) is 5.50. The molecular formula is C29H35ClN4O2. The van der Waals surface area contributed by atoms with Gasteiger partial charge in [-0.1, -0.05) is 43.1 Å². The van der Waals surface area contributed by atoms with Crippen molar-refractivity contribution in [2.75, 3.05) is 26.2 Å². The zero-order valence-electron chi connectivity index (χ0n) is 21.0. The van der Waals surface area contributed by atoms with Gasteiger partial charge in [-0.05, 0) is 86.9 Å². The van der Waals surface area contributed by atoms with Crippen molar-refractivity contribution in [2.24, 2.45) is 5.92 Å². The highest BCUT2D eigenvalue weighted by molar-refractivity contribution is 6.30. The van der Waals surface area contributed by atoms with E-state index < -0.39 is 0 Å². The molecule has 2 aromatic carbocycles. The summed E-state index contributed by atoms with van der Waals surface area (Å²) in [7, 11) is 0. The lowest BCUT2D eigenvalue weighted by atomic mass is 9.71. The molecule has 1 aromatic heterocycles. The minimum atomic E-state index is -0.195. The zero-order chi connectivity index (χ0) is 25.1. The highest BCUT2D eigenvalue weighted by Gasteiger charge is 2.32. The lowest BCUT2D eigenvalue weighted by Crippen LogP contribution is -2.38. The van der Waals surface area contributed by atoms with Gasteiger partial charge in [0, 0.05) is 23.7 Å². The van der Waals surface area contributed by atoms with E-state index in [1.54, 1.807) is 12.1 Å². The number of benzene rings is 2. The molecule has 1 N–H and O–H groups in total. The van der Waals surface area contributed by atoms with Crippen molar-refractivity contribution >= 4 is 28.4 Å². The van der Waals surface area contributed by atoms with Gasteiger partial charge in [0.2, 0.25) is 5.91 Å². The van der Waals surface area contributed by atoms with Crippen molar-refractivity contribution in [3.05, 3.63) is 63.4 Å². The first kappa shape index (κ1) is 25.0. The molecule has 1 aliphatic heterocycles. The first-order valence-corrected chi connectivity index (χ1v) is 13.7. The van der Waals surface area contributed by atoms with E-state index in [-0.39, 0.29) is 18.0 Å². The number of halogens is 1. The fraction of sp³-hybridized carbons (Fsp3) is 0.483. The molecule has 1 saturated heterocycles. The summed E-state index contributed by atoms with van der Waals surface area (Å²) in [5.41, 5.74) is 2.38. The van der Waals surface area contributed by atoms with Gasteiger partial charge in [-0.2, -0.15) is 0 Å². The third-order valence-electron chi connectivity index (χ3n) is 7.61. The Kier molecular flexibility index (Phi) is 7.73. The number of nitrogens with one attached hydrogen (secondary N) is 1. The summed E-state index contributed by atoms with van der Waals surface area (Å²) in [6.45, 7) is 6.18. The Bertz CT molecular complexity index is 1290. The maximum Gasteiger partial charge on any atom is 0.262 e. The van der Waals surface area contributed by atoms with Crippen LogP contribution < -0.4 is 10.9 Å². The van der Waals surface area contributed by atoms with Crippen molar-refractivity contribution in [1.82, 2.24) is 19.8 Å². The van der Waals surface area contributed by atoms with Gasteiger partial charge in [-0.3, -0.25) is 14.2 Å². The van der Waals surface area contributed by atoms with Gasteiger partial charge in [0.05, 0.1) is 10.9 Å². The van der Waals surface area contributed by atoms with Crippen LogP contribution in [-0.4, -0.2) is 46.5 Å². The normalized spacial score (nSPS) is 20.3. The average molecular weight is 507 g/mol. The van der Waals surface area contributed by atoms with Crippen molar-refractivity contribution in [2.45, 2.75) is 57.9 Å². The number of carbonyl (C=O) groups excluding carboxylic acids is 1. The van der Waals surface area contributed by atoms with E-state index in [9.17, 15) is 9.59 Å². The van der Waals surface area contributed by atoms with Crippen LogP contribution in [-0.2, 0) is 11.3 Å². The number of likely N-dealkylation sites (tertiary alicyclic amines) is 1. The Hall–Kier alpha value is -2.70. The molecule has 0 unspecified atom stereocenters. The van der Waals surface area contributed by atoms with Crippen LogP contribution in [0.25, 0.3) is 22.3 Å². The molecule has 0 bridgehead atoms. The van der Waals surface area contributed by atoms with Crippen molar-refractivity contribution in [1.29, 1.82) is 0 Å². The zero-order valence-corrected chi connectivity index (χ0v) is 21.8. The van der Waals surface area contributed by atoms with Crippen molar-refractivity contribution in [3.63, 3.8) is 0 Å². The molecule has 5 rings (SSSR count). The maximum atomic E-state index is 13.7. The lowest BCUT2D eigenvalue weighted by Gasteiger charge is -2.40. The molecule has 7 heteroatoms. The summed E-state index contributed by atoms with van der Waals surface area (Å²) >= 11 is 6.23. The van der Waals surface area contributed by atoms with Crippen molar-refractivity contribution in [3.8, 4) is 11.4 Å². The largest absolute Gasteiger partial charge is 0.355 e. The monoisotopic (exact) mass is 506 g/mol. The number of rotatable bonds is 8. The number of fused-ring (bicyclic) bond motifs is 1. The van der Waals surface area contributed by atoms with Gasteiger partial charge < -0.3 is 10.2 Å². The van der Waals surface area contributed by atoms with E-state index in [2.05, 4.69) is 16.3 Å². The highest BCUT2D eigenvalue weighted by atomic mass is 35.5. The number of aromatic nitrogens is 2. The van der Waals surface area contributed by atoms with E-state index in [1.165, 1.54) is 61.9 Å². The fourth-order valence-corrected chi connectivity index (χ4v) is 5.81. The quantitative estimate of drug-likeness (QED) is 0.454. The fourth-order valence-electron chi connectivity index (χ4n) is 5.62. The van der Waals surface area contributed by atoms with Gasteiger partial charge in [0.15, 0.2) is 0 Å². The van der Waals surface area contributed by atoms with Crippen LogP contribution in [0.1, 0.15) is 56.9 Å². The molecule has 1 amide bonds. The van der Waals surface area contributed by atoms with Crippen LogP contribution in [0.3, 0.4) is 0 Å². The SMILES string of the molecule is CCCNC(=O)Cn1c(-c2cccc(Cl)c2)nc2ccc([C@H]3C[C@@H](CN4CCCCC4)C3)cc2c1=O. The number of hydrogen-bond acceptors (Lipinski definition) is 4. The predicted molar refractivity (Wildman–Crippen MR) is 146 cm³/mol. The number of hydrogen-bond donors (Lipinski definition) is 1. The topological polar surface area (TPSA) is 67.2 Å². The van der Waals surface area contributed by atoms with Crippen LogP contribution in [0.5, 0.6) is 0 Å².